The van der Waals surface area contributed by atoms with Crippen LogP contribution in [0.3, 0.4) is 0 Å². The number of aromatic nitrogens is 2. The Morgan fingerprint density at radius 1 is 1.41 bits per heavy atom. The van der Waals surface area contributed by atoms with E-state index in [0.717, 1.165) is 12.3 Å². The molecule has 1 saturated carbocycles. The molecule has 1 aliphatic carbocycles. The number of hydrogen-bond acceptors (Lipinski definition) is 4. The maximum absolute atomic E-state index is 13.7. The van der Waals surface area contributed by atoms with E-state index in [1.807, 2.05) is 0 Å². The van der Waals surface area contributed by atoms with Gasteiger partial charge in [-0.15, -0.1) is 0 Å². The molecule has 2 atom stereocenters. The van der Waals surface area contributed by atoms with Gasteiger partial charge in [0.05, 0.1) is 17.3 Å². The van der Waals surface area contributed by atoms with Crippen LogP contribution in [0, 0.1) is 18.7 Å². The van der Waals surface area contributed by atoms with E-state index >= 15 is 0 Å². The van der Waals surface area contributed by atoms with Crippen molar-refractivity contribution in [2.24, 2.45) is 5.92 Å². The molecular weight excluding hydrogens is 429 g/mol. The zero-order chi connectivity index (χ0) is 21.4. The minimum atomic E-state index is -3.58. The summed E-state index contributed by atoms with van der Waals surface area (Å²) in [5.74, 6) is -3.49. The first-order valence-corrected chi connectivity index (χ1v) is 11.4. The zero-order valence-electron chi connectivity index (χ0n) is 16.0. The Labute approximate surface area is 172 Å². The minimum absolute atomic E-state index is 0.0310. The van der Waals surface area contributed by atoms with Gasteiger partial charge in [-0.3, -0.25) is 0 Å². The molecule has 0 radical (unpaired) electrons. The van der Waals surface area contributed by atoms with Gasteiger partial charge in [0.1, 0.15) is 17.7 Å². The molecule has 2 aromatic rings. The number of hydrogen-bond donors (Lipinski definition) is 1. The molecule has 0 saturated heterocycles. The van der Waals surface area contributed by atoms with Crippen LogP contribution in [0.5, 0.6) is 0 Å². The number of nitrogens with zero attached hydrogens (tertiary/aromatic N) is 1. The Bertz CT molecular complexity index is 995. The predicted octanol–water partition coefficient (Wildman–Crippen LogP) is 4.85. The second kappa shape index (κ2) is 8.28. The highest BCUT2D eigenvalue weighted by Crippen LogP contribution is 2.38. The Hall–Kier alpha value is -1.58. The van der Waals surface area contributed by atoms with Crippen molar-refractivity contribution in [3.8, 4) is 0 Å². The van der Waals surface area contributed by atoms with E-state index in [0.29, 0.717) is 24.1 Å². The van der Waals surface area contributed by atoms with Gasteiger partial charge in [-0.1, -0.05) is 17.7 Å². The number of benzene rings is 1. The fraction of sp³-hybridized carbons (Fsp3) is 0.526. The van der Waals surface area contributed by atoms with Crippen molar-refractivity contribution in [3.05, 3.63) is 46.1 Å². The number of ether oxygens (including phenoxy) is 1. The third-order valence-corrected chi connectivity index (χ3v) is 6.33. The molecule has 1 fully saturated rings. The molecule has 2 unspecified atom stereocenters. The van der Waals surface area contributed by atoms with Crippen molar-refractivity contribution in [2.45, 2.75) is 49.7 Å². The number of nitrogens with one attached hydrogen (secondary N) is 1. The second-order valence-electron chi connectivity index (χ2n) is 7.53. The molecular formula is C19H22ClF3N2O3S. The second-order valence-corrected chi connectivity index (χ2v) is 9.87. The van der Waals surface area contributed by atoms with Crippen LogP contribution in [0.2, 0.25) is 5.02 Å². The Morgan fingerprint density at radius 2 is 2.14 bits per heavy atom. The summed E-state index contributed by atoms with van der Waals surface area (Å²) in [4.78, 5) is 7.04. The Balaban J connectivity index is 1.91. The van der Waals surface area contributed by atoms with Crippen molar-refractivity contribution in [3.63, 3.8) is 0 Å². The molecule has 3 rings (SSSR count). The van der Waals surface area contributed by atoms with Crippen molar-refractivity contribution in [1.29, 1.82) is 0 Å². The summed E-state index contributed by atoms with van der Waals surface area (Å²) in [7, 11) is -3.58. The normalized spacial score (nSPS) is 20.6. The number of alkyl halides is 2. The third kappa shape index (κ3) is 5.32. The monoisotopic (exact) mass is 450 g/mol. The highest BCUT2D eigenvalue weighted by atomic mass is 35.5. The summed E-state index contributed by atoms with van der Waals surface area (Å²) in [5.41, 5.74) is 0.765. The lowest BCUT2D eigenvalue weighted by Crippen LogP contribution is -2.29. The lowest BCUT2D eigenvalue weighted by molar-refractivity contribution is -0.0722. The number of halogens is 4. The molecule has 0 aliphatic heterocycles. The van der Waals surface area contributed by atoms with Gasteiger partial charge < -0.3 is 9.72 Å². The molecule has 1 aromatic heterocycles. The van der Waals surface area contributed by atoms with E-state index in [-0.39, 0.29) is 41.2 Å². The largest absolute Gasteiger partial charge is 0.365 e. The zero-order valence-corrected chi connectivity index (χ0v) is 17.6. The molecule has 29 heavy (non-hydrogen) atoms. The van der Waals surface area contributed by atoms with Crippen LogP contribution < -0.4 is 0 Å². The van der Waals surface area contributed by atoms with Crippen LogP contribution >= 0.6 is 11.6 Å². The number of imidazole rings is 1. The topological polar surface area (TPSA) is 72.0 Å². The highest BCUT2D eigenvalue weighted by molar-refractivity contribution is 7.90. The van der Waals surface area contributed by atoms with Crippen LogP contribution in [0.1, 0.15) is 48.9 Å². The smallest absolute Gasteiger partial charge is 0.248 e. The van der Waals surface area contributed by atoms with E-state index in [2.05, 4.69) is 9.97 Å². The summed E-state index contributed by atoms with van der Waals surface area (Å²) in [6, 6.07) is 3.96. The molecule has 0 spiro atoms. The summed E-state index contributed by atoms with van der Waals surface area (Å²) >= 11 is 5.88. The number of sulfone groups is 1. The molecule has 0 amide bonds. The van der Waals surface area contributed by atoms with Crippen LogP contribution in [0.4, 0.5) is 13.2 Å². The Morgan fingerprint density at radius 3 is 2.72 bits per heavy atom. The van der Waals surface area contributed by atoms with E-state index < -0.39 is 27.7 Å². The summed E-state index contributed by atoms with van der Waals surface area (Å²) in [5, 5.41) is -0.259. The van der Waals surface area contributed by atoms with Gasteiger partial charge >= 0.3 is 0 Å². The summed E-state index contributed by atoms with van der Waals surface area (Å²) < 4.78 is 70.8. The SMILES string of the molecule is Cc1[nH]c(C(OCC2CCCC(F)(F)C2)c2ccc(F)c(Cl)c2)nc1S(C)(=O)=O. The average molecular weight is 451 g/mol. The molecule has 1 aromatic carbocycles. The van der Waals surface area contributed by atoms with Crippen molar-refractivity contribution < 1.29 is 26.3 Å². The molecule has 1 N–H and O–H groups in total. The maximum Gasteiger partial charge on any atom is 0.248 e. The van der Waals surface area contributed by atoms with Gasteiger partial charge in [0.25, 0.3) is 0 Å². The van der Waals surface area contributed by atoms with Crippen LogP contribution in [0.25, 0.3) is 0 Å². The number of aromatic amines is 1. The first-order valence-electron chi connectivity index (χ1n) is 9.17. The van der Waals surface area contributed by atoms with Gasteiger partial charge in [0, 0.05) is 19.1 Å². The van der Waals surface area contributed by atoms with Crippen LogP contribution in [-0.2, 0) is 14.6 Å². The average Bonchev–Trinajstić information content (AvgIpc) is 2.99. The van der Waals surface area contributed by atoms with Crippen LogP contribution in [-0.4, -0.2) is 37.2 Å². The number of aryl methyl sites for hydroxylation is 1. The van der Waals surface area contributed by atoms with E-state index in [9.17, 15) is 21.6 Å². The van der Waals surface area contributed by atoms with Crippen LogP contribution in [0.15, 0.2) is 23.2 Å². The molecule has 0 bridgehead atoms. The quantitative estimate of drug-likeness (QED) is 0.683. The standard InChI is InChI=1S/C19H22ClF3N2O3S/c1-11-18(29(2,26)27)25-17(24-11)16(13-5-6-15(21)14(20)8-13)28-10-12-4-3-7-19(22,23)9-12/h5-6,8,12,16H,3-4,7,9-10H2,1-2H3,(H,24,25). The lowest BCUT2D eigenvalue weighted by atomic mass is 9.87. The minimum Gasteiger partial charge on any atom is -0.365 e. The van der Waals surface area contributed by atoms with Gasteiger partial charge in [-0.05, 0) is 43.4 Å². The lowest BCUT2D eigenvalue weighted by Gasteiger charge is -2.29. The van der Waals surface area contributed by atoms with E-state index in [4.69, 9.17) is 16.3 Å². The first-order chi connectivity index (χ1) is 13.5. The molecule has 10 heteroatoms. The van der Waals surface area contributed by atoms with Gasteiger partial charge in [0.15, 0.2) is 14.9 Å². The molecule has 5 nitrogen and oxygen atoms in total. The van der Waals surface area contributed by atoms with Gasteiger partial charge in [0.2, 0.25) is 5.92 Å². The van der Waals surface area contributed by atoms with Crippen molar-refractivity contribution in [1.82, 2.24) is 9.97 Å². The predicted molar refractivity (Wildman–Crippen MR) is 103 cm³/mol. The maximum atomic E-state index is 13.7. The van der Waals surface area contributed by atoms with Crippen molar-refractivity contribution in [2.75, 3.05) is 12.9 Å². The third-order valence-electron chi connectivity index (χ3n) is 4.95. The molecule has 1 aliphatic rings. The van der Waals surface area contributed by atoms with Gasteiger partial charge in [-0.2, -0.15) is 0 Å². The fourth-order valence-corrected chi connectivity index (χ4v) is 4.67. The molecule has 1 heterocycles. The number of rotatable bonds is 6. The summed E-state index contributed by atoms with van der Waals surface area (Å²) in [6.07, 6.45) is 0.752. The first kappa shape index (κ1) is 22.1. The fourth-order valence-electron chi connectivity index (χ4n) is 3.61. The van der Waals surface area contributed by atoms with Crippen molar-refractivity contribution >= 4 is 21.4 Å². The molecule has 160 valence electrons. The highest BCUT2D eigenvalue weighted by Gasteiger charge is 2.37. The summed E-state index contributed by atoms with van der Waals surface area (Å²) in [6.45, 7) is 1.59. The van der Waals surface area contributed by atoms with E-state index in [1.54, 1.807) is 6.92 Å². The Kier molecular flexibility index (Phi) is 6.31. The van der Waals surface area contributed by atoms with Gasteiger partial charge in [-0.25, -0.2) is 26.6 Å². The van der Waals surface area contributed by atoms with E-state index in [1.165, 1.54) is 12.1 Å². The number of H-pyrrole nitrogens is 1.